The van der Waals surface area contributed by atoms with Gasteiger partial charge in [-0.2, -0.15) is 4.99 Å². The summed E-state index contributed by atoms with van der Waals surface area (Å²) in [6.45, 7) is 0. The van der Waals surface area contributed by atoms with Gasteiger partial charge in [-0.25, -0.2) is 4.99 Å². The molecule has 1 aliphatic heterocycles. The van der Waals surface area contributed by atoms with Crippen molar-refractivity contribution in [1.29, 1.82) is 0 Å². The molecule has 0 radical (unpaired) electrons. The van der Waals surface area contributed by atoms with Crippen LogP contribution in [-0.2, 0) is 0 Å². The van der Waals surface area contributed by atoms with Crippen LogP contribution in [0.25, 0.3) is 0 Å². The molecule has 1 spiro atoms. The first kappa shape index (κ1) is 16.6. The molecule has 2 aliphatic rings. The average molecular weight is 347 g/mol. The van der Waals surface area contributed by atoms with E-state index in [1.54, 1.807) is 0 Å². The minimum atomic E-state index is -0.822. The number of nitrogens with zero attached hydrogens (tertiary/aromatic N) is 5. The summed E-state index contributed by atoms with van der Waals surface area (Å²) in [5.41, 5.74) is 10.4. The van der Waals surface area contributed by atoms with Crippen LogP contribution in [0.15, 0.2) is 28.2 Å². The van der Waals surface area contributed by atoms with Gasteiger partial charge in [0.05, 0.1) is 21.6 Å². The van der Waals surface area contributed by atoms with E-state index in [-0.39, 0.29) is 17.6 Å². The number of hydrogen-bond donors (Lipinski definition) is 2. The Balaban J connectivity index is 2.17. The molecule has 11 nitrogen and oxygen atoms in total. The van der Waals surface area contributed by atoms with E-state index in [1.807, 2.05) is 0 Å². The highest BCUT2D eigenvalue weighted by molar-refractivity contribution is 6.05. The van der Waals surface area contributed by atoms with Gasteiger partial charge >= 0.3 is 0 Å². The lowest BCUT2D eigenvalue weighted by molar-refractivity contribution is -0.394. The van der Waals surface area contributed by atoms with E-state index in [9.17, 15) is 20.2 Å². The van der Waals surface area contributed by atoms with Gasteiger partial charge < -0.3 is 11.5 Å². The first-order valence-corrected chi connectivity index (χ1v) is 7.76. The van der Waals surface area contributed by atoms with Crippen molar-refractivity contribution in [2.24, 2.45) is 21.5 Å². The van der Waals surface area contributed by atoms with Crippen molar-refractivity contribution in [1.82, 2.24) is 0 Å². The number of hydrogen-bond acceptors (Lipinski definition) is 9. The fourth-order valence-corrected chi connectivity index (χ4v) is 3.41. The Morgan fingerprint density at radius 1 is 1.00 bits per heavy atom. The second-order valence-corrected chi connectivity index (χ2v) is 6.04. The van der Waals surface area contributed by atoms with E-state index < -0.39 is 26.9 Å². The molecule has 0 unspecified atom stereocenters. The van der Waals surface area contributed by atoms with Crippen molar-refractivity contribution >= 4 is 29.0 Å². The van der Waals surface area contributed by atoms with Crippen molar-refractivity contribution < 1.29 is 9.85 Å². The van der Waals surface area contributed by atoms with Gasteiger partial charge in [0.1, 0.15) is 5.66 Å². The van der Waals surface area contributed by atoms with Crippen molar-refractivity contribution in [3.05, 3.63) is 38.4 Å². The van der Waals surface area contributed by atoms with E-state index in [0.717, 1.165) is 25.3 Å². The zero-order valence-corrected chi connectivity index (χ0v) is 13.3. The minimum absolute atomic E-state index is 0.0178. The molecule has 0 aromatic heterocycles. The molecule has 132 valence electrons. The summed E-state index contributed by atoms with van der Waals surface area (Å²) in [7, 11) is 0. The Morgan fingerprint density at radius 3 is 2.08 bits per heavy atom. The van der Waals surface area contributed by atoms with Gasteiger partial charge in [0.15, 0.2) is 0 Å². The SMILES string of the molecule is NC1=NC2(CCCCC2)N(c2cc([N+](=O)[O-])cc([N+](=O)[O-])c2)C(N)=N1. The second kappa shape index (κ2) is 6.00. The number of nitrogens with two attached hydrogens (primary N) is 2. The number of nitro groups is 2. The predicted molar refractivity (Wildman–Crippen MR) is 91.3 cm³/mol. The molecule has 0 amide bonds. The van der Waals surface area contributed by atoms with Crippen LogP contribution in [0.2, 0.25) is 0 Å². The highest BCUT2D eigenvalue weighted by Crippen LogP contribution is 2.41. The predicted octanol–water partition coefficient (Wildman–Crippen LogP) is 1.61. The maximum absolute atomic E-state index is 11.2. The first-order chi connectivity index (χ1) is 11.8. The quantitative estimate of drug-likeness (QED) is 0.618. The van der Waals surface area contributed by atoms with Gasteiger partial charge in [0.25, 0.3) is 11.4 Å². The van der Waals surface area contributed by atoms with Crippen LogP contribution >= 0.6 is 0 Å². The molecule has 3 rings (SSSR count). The maximum atomic E-state index is 11.2. The molecule has 0 bridgehead atoms. The molecular weight excluding hydrogens is 330 g/mol. The van der Waals surface area contributed by atoms with Crippen molar-refractivity contribution in [2.45, 2.75) is 37.8 Å². The van der Waals surface area contributed by atoms with Crippen LogP contribution in [0, 0.1) is 20.2 Å². The van der Waals surface area contributed by atoms with E-state index in [4.69, 9.17) is 11.5 Å². The van der Waals surface area contributed by atoms with E-state index in [1.165, 1.54) is 17.0 Å². The third-order valence-electron chi connectivity index (χ3n) is 4.42. The second-order valence-electron chi connectivity index (χ2n) is 6.04. The number of benzene rings is 1. The number of guanidine groups is 2. The topological polar surface area (TPSA) is 166 Å². The summed E-state index contributed by atoms with van der Waals surface area (Å²) in [6.07, 6.45) is 4.02. The molecule has 1 aromatic rings. The van der Waals surface area contributed by atoms with Gasteiger partial charge in [-0.15, -0.1) is 0 Å². The molecule has 11 heteroatoms. The summed E-state index contributed by atoms with van der Waals surface area (Å²) < 4.78 is 0. The van der Waals surface area contributed by atoms with Crippen molar-refractivity contribution in [2.75, 3.05) is 4.90 Å². The normalized spacial score (nSPS) is 19.3. The highest BCUT2D eigenvalue weighted by Gasteiger charge is 2.43. The Bertz CT molecular complexity index is 766. The smallest absolute Gasteiger partial charge is 0.278 e. The molecule has 1 heterocycles. The van der Waals surface area contributed by atoms with E-state index >= 15 is 0 Å². The maximum Gasteiger partial charge on any atom is 0.278 e. The molecule has 1 aliphatic carbocycles. The number of aliphatic imine (C=N–C) groups is 2. The summed E-state index contributed by atoms with van der Waals surface area (Å²) in [6, 6.07) is 3.39. The summed E-state index contributed by atoms with van der Waals surface area (Å²) in [5, 5.41) is 22.3. The van der Waals surface area contributed by atoms with Crippen LogP contribution in [0.4, 0.5) is 17.1 Å². The molecule has 1 fully saturated rings. The number of nitro benzene ring substituents is 2. The van der Waals surface area contributed by atoms with Gasteiger partial charge in [0.2, 0.25) is 11.9 Å². The zero-order chi connectivity index (χ0) is 18.2. The van der Waals surface area contributed by atoms with Crippen LogP contribution in [-0.4, -0.2) is 27.4 Å². The van der Waals surface area contributed by atoms with Gasteiger partial charge in [-0.05, 0) is 25.7 Å². The fraction of sp³-hybridized carbons (Fsp3) is 0.429. The molecule has 1 saturated carbocycles. The number of non-ortho nitro benzene ring substituents is 2. The molecule has 0 atom stereocenters. The monoisotopic (exact) mass is 347 g/mol. The standard InChI is InChI=1S/C14H17N7O4/c15-12-17-13(16)19(14(18-12)4-2-1-3-5-14)9-6-10(20(22)23)8-11(7-9)21(24)25/h6-8H,1-5H2,(H4,15,16,17,18). The van der Waals surface area contributed by atoms with E-state index in [0.29, 0.717) is 12.8 Å². The Hall–Kier alpha value is -3.24. The average Bonchev–Trinajstić information content (AvgIpc) is 2.54. The Labute approximate surface area is 142 Å². The van der Waals surface area contributed by atoms with E-state index in [2.05, 4.69) is 9.98 Å². The lowest BCUT2D eigenvalue weighted by atomic mass is 9.87. The zero-order valence-electron chi connectivity index (χ0n) is 13.3. The van der Waals surface area contributed by atoms with Crippen LogP contribution in [0.3, 0.4) is 0 Å². The lowest BCUT2D eigenvalue weighted by Crippen LogP contribution is -2.58. The third-order valence-corrected chi connectivity index (χ3v) is 4.42. The molecule has 4 N–H and O–H groups in total. The van der Waals surface area contributed by atoms with Crippen LogP contribution < -0.4 is 16.4 Å². The molecule has 25 heavy (non-hydrogen) atoms. The largest absolute Gasteiger partial charge is 0.369 e. The molecule has 0 saturated heterocycles. The van der Waals surface area contributed by atoms with Crippen LogP contribution in [0.1, 0.15) is 32.1 Å². The van der Waals surface area contributed by atoms with Gasteiger partial charge in [0, 0.05) is 12.1 Å². The number of rotatable bonds is 3. The minimum Gasteiger partial charge on any atom is -0.369 e. The summed E-state index contributed by atoms with van der Waals surface area (Å²) >= 11 is 0. The number of anilines is 1. The molecule has 1 aromatic carbocycles. The summed E-state index contributed by atoms with van der Waals surface area (Å²) in [4.78, 5) is 30.9. The Kier molecular flexibility index (Phi) is 3.99. The molecular formula is C14H17N7O4. The van der Waals surface area contributed by atoms with Crippen molar-refractivity contribution in [3.63, 3.8) is 0 Å². The van der Waals surface area contributed by atoms with Crippen LogP contribution in [0.5, 0.6) is 0 Å². The van der Waals surface area contributed by atoms with Gasteiger partial charge in [-0.1, -0.05) is 6.42 Å². The Morgan fingerprint density at radius 2 is 1.56 bits per heavy atom. The fourth-order valence-electron chi connectivity index (χ4n) is 3.41. The van der Waals surface area contributed by atoms with Gasteiger partial charge in [-0.3, -0.25) is 25.1 Å². The summed E-state index contributed by atoms with van der Waals surface area (Å²) in [5.74, 6) is 0.0553. The highest BCUT2D eigenvalue weighted by atomic mass is 16.6. The van der Waals surface area contributed by atoms with Crippen molar-refractivity contribution in [3.8, 4) is 0 Å². The third kappa shape index (κ3) is 2.95. The first-order valence-electron chi connectivity index (χ1n) is 7.76. The lowest BCUT2D eigenvalue weighted by Gasteiger charge is -2.45.